The third kappa shape index (κ3) is 2.37. The van der Waals surface area contributed by atoms with Gasteiger partial charge in [-0.2, -0.15) is 0 Å². The third-order valence-electron chi connectivity index (χ3n) is 7.27. The first-order valence-corrected chi connectivity index (χ1v) is 10.3. The molecule has 2 aliphatic heterocycles. The standard InChI is InChI=1S/C24H36N2/c1-8-11-12-19-13-14-20-21(17-19)26-16-15-25(7)22(26)23(6,9-2)24(20,10-3)18(4)5/h13-17,22H,4,8-12H2,1-3,5-7H3. The van der Waals surface area contributed by atoms with Crippen molar-refractivity contribution >= 4 is 5.69 Å². The highest BCUT2D eigenvalue weighted by Gasteiger charge is 2.59. The quantitative estimate of drug-likeness (QED) is 0.560. The van der Waals surface area contributed by atoms with E-state index in [0.29, 0.717) is 6.17 Å². The zero-order valence-electron chi connectivity index (χ0n) is 17.6. The lowest BCUT2D eigenvalue weighted by Crippen LogP contribution is -2.62. The Kier molecular flexibility index (Phi) is 4.98. The average molecular weight is 353 g/mol. The van der Waals surface area contributed by atoms with Gasteiger partial charge in [0.1, 0.15) is 6.17 Å². The van der Waals surface area contributed by atoms with Gasteiger partial charge < -0.3 is 9.80 Å². The van der Waals surface area contributed by atoms with Crippen molar-refractivity contribution in [1.82, 2.24) is 4.90 Å². The summed E-state index contributed by atoms with van der Waals surface area (Å²) in [5, 5.41) is 0. The van der Waals surface area contributed by atoms with Gasteiger partial charge >= 0.3 is 0 Å². The Bertz CT molecular complexity index is 719. The van der Waals surface area contributed by atoms with E-state index < -0.39 is 0 Å². The lowest BCUT2D eigenvalue weighted by Gasteiger charge is -2.60. The van der Waals surface area contributed by atoms with Crippen LogP contribution in [0.15, 0.2) is 42.8 Å². The summed E-state index contributed by atoms with van der Waals surface area (Å²) in [4.78, 5) is 4.92. The minimum absolute atomic E-state index is 0.00180. The molecule has 142 valence electrons. The highest BCUT2D eigenvalue weighted by Crippen LogP contribution is 2.61. The Morgan fingerprint density at radius 2 is 1.88 bits per heavy atom. The molecule has 3 unspecified atom stereocenters. The molecule has 0 bridgehead atoms. The Balaban J connectivity index is 2.26. The van der Waals surface area contributed by atoms with Crippen molar-refractivity contribution < 1.29 is 0 Å². The van der Waals surface area contributed by atoms with Gasteiger partial charge in [0, 0.05) is 36.0 Å². The van der Waals surface area contributed by atoms with Gasteiger partial charge in [-0.3, -0.25) is 0 Å². The van der Waals surface area contributed by atoms with Crippen molar-refractivity contribution in [3.05, 3.63) is 53.9 Å². The van der Waals surface area contributed by atoms with Crippen molar-refractivity contribution in [3.63, 3.8) is 0 Å². The normalized spacial score (nSPS) is 29.7. The summed E-state index contributed by atoms with van der Waals surface area (Å²) in [6.07, 6.45) is 10.7. The van der Waals surface area contributed by atoms with Crippen LogP contribution in [0.1, 0.15) is 71.4 Å². The summed E-state index contributed by atoms with van der Waals surface area (Å²) >= 11 is 0. The average Bonchev–Trinajstić information content (AvgIpc) is 3.03. The first kappa shape index (κ1) is 19.1. The summed E-state index contributed by atoms with van der Waals surface area (Å²) in [6.45, 7) is 16.2. The van der Waals surface area contributed by atoms with E-state index >= 15 is 0 Å². The predicted molar refractivity (Wildman–Crippen MR) is 113 cm³/mol. The number of unbranched alkanes of at least 4 members (excludes halogenated alkanes) is 1. The molecule has 0 spiro atoms. The number of allylic oxidation sites excluding steroid dienone is 1. The topological polar surface area (TPSA) is 6.48 Å². The molecule has 3 atom stereocenters. The highest BCUT2D eigenvalue weighted by molar-refractivity contribution is 5.68. The molecular weight excluding hydrogens is 316 g/mol. The number of aryl methyl sites for hydroxylation is 1. The maximum atomic E-state index is 4.52. The molecule has 0 N–H and O–H groups in total. The summed E-state index contributed by atoms with van der Waals surface area (Å²) in [5.41, 5.74) is 5.71. The second kappa shape index (κ2) is 6.79. The molecular formula is C24H36N2. The van der Waals surface area contributed by atoms with E-state index in [-0.39, 0.29) is 10.8 Å². The number of rotatable bonds is 6. The second-order valence-electron chi connectivity index (χ2n) is 8.51. The van der Waals surface area contributed by atoms with Gasteiger partial charge in [0.05, 0.1) is 0 Å². The minimum Gasteiger partial charge on any atom is -0.358 e. The van der Waals surface area contributed by atoms with E-state index in [1.807, 2.05) is 0 Å². The van der Waals surface area contributed by atoms with Crippen molar-refractivity contribution in [3.8, 4) is 0 Å². The van der Waals surface area contributed by atoms with Crippen LogP contribution in [-0.4, -0.2) is 18.1 Å². The minimum atomic E-state index is 0.00180. The Hall–Kier alpha value is -1.70. The fraction of sp³-hybridized carbons (Fsp3) is 0.583. The number of hydrogen-bond acceptors (Lipinski definition) is 2. The predicted octanol–water partition coefficient (Wildman–Crippen LogP) is 6.23. The molecule has 0 amide bonds. The van der Waals surface area contributed by atoms with Crippen molar-refractivity contribution in [2.75, 3.05) is 11.9 Å². The Morgan fingerprint density at radius 1 is 1.15 bits per heavy atom. The molecule has 0 radical (unpaired) electrons. The van der Waals surface area contributed by atoms with Gasteiger partial charge in [-0.15, -0.1) is 0 Å². The molecule has 2 heteroatoms. The Morgan fingerprint density at radius 3 is 2.46 bits per heavy atom. The van der Waals surface area contributed by atoms with Gasteiger partial charge in [-0.25, -0.2) is 0 Å². The van der Waals surface area contributed by atoms with Crippen LogP contribution in [0.5, 0.6) is 0 Å². The van der Waals surface area contributed by atoms with Crippen LogP contribution in [0.3, 0.4) is 0 Å². The van der Waals surface area contributed by atoms with E-state index in [1.165, 1.54) is 41.6 Å². The maximum absolute atomic E-state index is 4.52. The lowest BCUT2D eigenvalue weighted by molar-refractivity contribution is 0.0501. The van der Waals surface area contributed by atoms with Crippen molar-refractivity contribution in [2.45, 2.75) is 78.3 Å². The van der Waals surface area contributed by atoms with Crippen LogP contribution in [0.25, 0.3) is 0 Å². The SMILES string of the molecule is C=C(C)C1(CC)c2ccc(CCCC)cc2N2C=CN(C)C2C1(C)CC. The Labute approximate surface area is 160 Å². The fourth-order valence-corrected chi connectivity index (χ4v) is 5.82. The number of fused-ring (bicyclic) bond motifs is 3. The first-order valence-electron chi connectivity index (χ1n) is 10.3. The maximum Gasteiger partial charge on any atom is 0.112 e. The lowest BCUT2D eigenvalue weighted by atomic mass is 9.51. The van der Waals surface area contributed by atoms with Crippen LogP contribution in [0.2, 0.25) is 0 Å². The zero-order valence-corrected chi connectivity index (χ0v) is 17.6. The van der Waals surface area contributed by atoms with Crippen molar-refractivity contribution in [2.24, 2.45) is 5.41 Å². The monoisotopic (exact) mass is 352 g/mol. The molecule has 0 fully saturated rings. The van der Waals surface area contributed by atoms with Gasteiger partial charge in [0.15, 0.2) is 0 Å². The van der Waals surface area contributed by atoms with E-state index in [9.17, 15) is 0 Å². The number of nitrogens with zero attached hydrogens (tertiary/aromatic N) is 2. The first-order chi connectivity index (χ1) is 12.4. The van der Waals surface area contributed by atoms with Crippen LogP contribution >= 0.6 is 0 Å². The number of hydrogen-bond donors (Lipinski definition) is 0. The van der Waals surface area contributed by atoms with E-state index in [1.54, 1.807) is 0 Å². The molecule has 2 aliphatic rings. The zero-order chi connectivity index (χ0) is 19.1. The van der Waals surface area contributed by atoms with Gasteiger partial charge in [0.25, 0.3) is 0 Å². The van der Waals surface area contributed by atoms with E-state index in [4.69, 9.17) is 0 Å². The van der Waals surface area contributed by atoms with Gasteiger partial charge in [0.2, 0.25) is 0 Å². The molecule has 2 nitrogen and oxygen atoms in total. The molecule has 0 aromatic heterocycles. The summed E-state index contributed by atoms with van der Waals surface area (Å²) in [5.74, 6) is 0. The van der Waals surface area contributed by atoms with Gasteiger partial charge in [-0.05, 0) is 49.8 Å². The van der Waals surface area contributed by atoms with E-state index in [0.717, 1.165) is 12.8 Å². The fourth-order valence-electron chi connectivity index (χ4n) is 5.82. The molecule has 2 heterocycles. The molecule has 0 saturated carbocycles. The molecule has 26 heavy (non-hydrogen) atoms. The smallest absolute Gasteiger partial charge is 0.112 e. The molecule has 0 aliphatic carbocycles. The third-order valence-corrected chi connectivity index (χ3v) is 7.27. The number of benzene rings is 1. The summed E-state index contributed by atoms with van der Waals surface area (Å²) in [6, 6.07) is 7.22. The van der Waals surface area contributed by atoms with Crippen LogP contribution in [-0.2, 0) is 11.8 Å². The van der Waals surface area contributed by atoms with Crippen LogP contribution < -0.4 is 4.90 Å². The molecule has 1 aromatic carbocycles. The summed E-state index contributed by atoms with van der Waals surface area (Å²) < 4.78 is 0. The van der Waals surface area contributed by atoms with Crippen molar-refractivity contribution in [1.29, 1.82) is 0 Å². The highest BCUT2D eigenvalue weighted by atomic mass is 15.4. The second-order valence-corrected chi connectivity index (χ2v) is 8.51. The number of anilines is 1. The molecule has 0 saturated heterocycles. The largest absolute Gasteiger partial charge is 0.358 e. The molecule has 3 rings (SSSR count). The summed E-state index contributed by atoms with van der Waals surface area (Å²) in [7, 11) is 2.22. The molecule has 1 aromatic rings. The van der Waals surface area contributed by atoms with Crippen LogP contribution in [0.4, 0.5) is 5.69 Å². The van der Waals surface area contributed by atoms with E-state index in [2.05, 4.69) is 88.6 Å². The van der Waals surface area contributed by atoms with Gasteiger partial charge in [-0.1, -0.05) is 58.4 Å². The van der Waals surface area contributed by atoms with Crippen LogP contribution in [0, 0.1) is 5.41 Å².